The number of hydrogen-bond acceptors (Lipinski definition) is 7. The zero-order valence-electron chi connectivity index (χ0n) is 8.29. The first kappa shape index (κ1) is 9.43. The minimum absolute atomic E-state index is 0.0841. The fraction of sp³-hybridized carbons (Fsp3) is 0.500. The third kappa shape index (κ3) is 1.57. The van der Waals surface area contributed by atoms with Gasteiger partial charge in [-0.2, -0.15) is 10.1 Å². The molecule has 84 valence electrons. The summed E-state index contributed by atoms with van der Waals surface area (Å²) in [6, 6.07) is -0.0841. The summed E-state index contributed by atoms with van der Waals surface area (Å²) in [5, 5.41) is 22.6. The van der Waals surface area contributed by atoms with Gasteiger partial charge in [0.05, 0.1) is 12.1 Å². The van der Waals surface area contributed by atoms with Crippen LogP contribution in [0.1, 0.15) is 18.4 Å². The molecule has 3 rings (SSSR count). The van der Waals surface area contributed by atoms with Crippen molar-refractivity contribution in [3.05, 3.63) is 12.2 Å². The van der Waals surface area contributed by atoms with E-state index in [1.807, 2.05) is 0 Å². The zero-order valence-corrected chi connectivity index (χ0v) is 8.29. The van der Waals surface area contributed by atoms with Crippen LogP contribution in [0, 0.1) is 0 Å². The maximum atomic E-state index is 9.37. The van der Waals surface area contributed by atoms with Gasteiger partial charge in [0.25, 0.3) is 0 Å². The minimum atomic E-state index is -0.356. The number of aromatic amines is 1. The molecular formula is C8H10N6O2. The predicted molar refractivity (Wildman–Crippen MR) is 51.0 cm³/mol. The highest BCUT2D eigenvalue weighted by molar-refractivity contribution is 5.39. The van der Waals surface area contributed by atoms with Gasteiger partial charge in [0.1, 0.15) is 6.33 Å². The minimum Gasteiger partial charge on any atom is -0.392 e. The fourth-order valence-electron chi connectivity index (χ4n) is 1.69. The quantitative estimate of drug-likeness (QED) is 0.612. The molecular weight excluding hydrogens is 212 g/mol. The molecule has 8 heteroatoms. The summed E-state index contributed by atoms with van der Waals surface area (Å²) in [7, 11) is 0. The predicted octanol–water partition coefficient (Wildman–Crippen LogP) is -0.750. The lowest BCUT2D eigenvalue weighted by atomic mass is 10.2. The zero-order chi connectivity index (χ0) is 11.0. The van der Waals surface area contributed by atoms with E-state index >= 15 is 0 Å². The highest BCUT2D eigenvalue weighted by Gasteiger charge is 2.28. The maximum Gasteiger partial charge on any atom is 0.244 e. The van der Waals surface area contributed by atoms with Crippen LogP contribution in [0.3, 0.4) is 0 Å². The second-order valence-corrected chi connectivity index (χ2v) is 3.64. The Balaban J connectivity index is 1.83. The summed E-state index contributed by atoms with van der Waals surface area (Å²) >= 11 is 0. The summed E-state index contributed by atoms with van der Waals surface area (Å²) in [4.78, 5) is 8.10. The molecule has 2 aromatic rings. The molecule has 1 aliphatic heterocycles. The van der Waals surface area contributed by atoms with Gasteiger partial charge in [0.15, 0.2) is 5.82 Å². The van der Waals surface area contributed by atoms with Crippen LogP contribution < -0.4 is 5.32 Å². The first-order valence-electron chi connectivity index (χ1n) is 4.93. The average Bonchev–Trinajstić information content (AvgIpc) is 2.97. The average molecular weight is 222 g/mol. The molecule has 0 spiro atoms. The SMILES string of the molecule is O[C@H]1CN[C@H](c2nc(-c3ncn[nH]3)no2)C1. The van der Waals surface area contributed by atoms with Gasteiger partial charge in [-0.3, -0.25) is 5.10 Å². The lowest BCUT2D eigenvalue weighted by Crippen LogP contribution is -2.15. The van der Waals surface area contributed by atoms with Crippen LogP contribution in [0.2, 0.25) is 0 Å². The van der Waals surface area contributed by atoms with Crippen LogP contribution in [0.4, 0.5) is 0 Å². The van der Waals surface area contributed by atoms with Crippen molar-refractivity contribution in [2.45, 2.75) is 18.6 Å². The normalized spacial score (nSPS) is 25.1. The van der Waals surface area contributed by atoms with Crippen molar-refractivity contribution < 1.29 is 9.63 Å². The Morgan fingerprint density at radius 1 is 1.50 bits per heavy atom. The first-order valence-corrected chi connectivity index (χ1v) is 4.93. The van der Waals surface area contributed by atoms with Gasteiger partial charge in [-0.05, 0) is 6.42 Å². The molecule has 0 radical (unpaired) electrons. The number of H-pyrrole nitrogens is 1. The van der Waals surface area contributed by atoms with Gasteiger partial charge in [-0.1, -0.05) is 5.16 Å². The number of aromatic nitrogens is 5. The standard InChI is InChI=1S/C8H10N6O2/c15-4-1-5(9-2-4)8-12-7(14-16-8)6-10-3-11-13-6/h3-5,9,15H,1-2H2,(H,10,11,13)/t4-,5+/m1/s1. The molecule has 3 N–H and O–H groups in total. The highest BCUT2D eigenvalue weighted by atomic mass is 16.5. The summed E-state index contributed by atoms with van der Waals surface area (Å²) < 4.78 is 5.10. The molecule has 0 saturated carbocycles. The Morgan fingerprint density at radius 3 is 3.12 bits per heavy atom. The molecule has 1 saturated heterocycles. The summed E-state index contributed by atoms with van der Waals surface area (Å²) in [5.74, 6) is 1.30. The number of aliphatic hydroxyl groups excluding tert-OH is 1. The molecule has 2 aromatic heterocycles. The van der Waals surface area contributed by atoms with Crippen LogP contribution in [0.15, 0.2) is 10.9 Å². The van der Waals surface area contributed by atoms with Crippen LogP contribution in [-0.4, -0.2) is 43.1 Å². The largest absolute Gasteiger partial charge is 0.392 e. The fourth-order valence-corrected chi connectivity index (χ4v) is 1.69. The van der Waals surface area contributed by atoms with Crippen molar-refractivity contribution >= 4 is 0 Å². The van der Waals surface area contributed by atoms with E-state index in [1.54, 1.807) is 0 Å². The Labute approximate surface area is 90.1 Å². The molecule has 0 unspecified atom stereocenters. The molecule has 0 bridgehead atoms. The summed E-state index contributed by atoms with van der Waals surface area (Å²) in [5.41, 5.74) is 0. The molecule has 8 nitrogen and oxygen atoms in total. The smallest absolute Gasteiger partial charge is 0.244 e. The Kier molecular flexibility index (Phi) is 2.15. The summed E-state index contributed by atoms with van der Waals surface area (Å²) in [6.07, 6.45) is 1.60. The van der Waals surface area contributed by atoms with Gasteiger partial charge in [-0.15, -0.1) is 0 Å². The number of hydrogen-bond donors (Lipinski definition) is 3. The second-order valence-electron chi connectivity index (χ2n) is 3.64. The van der Waals surface area contributed by atoms with Crippen LogP contribution in [0.5, 0.6) is 0 Å². The molecule has 1 fully saturated rings. The topological polar surface area (TPSA) is 113 Å². The van der Waals surface area contributed by atoms with Crippen molar-refractivity contribution in [2.75, 3.05) is 6.54 Å². The number of nitrogens with zero attached hydrogens (tertiary/aromatic N) is 4. The molecule has 3 heterocycles. The lowest BCUT2D eigenvalue weighted by molar-refractivity contribution is 0.191. The van der Waals surface area contributed by atoms with E-state index in [0.717, 1.165) is 0 Å². The van der Waals surface area contributed by atoms with Crippen molar-refractivity contribution in [1.29, 1.82) is 0 Å². The van der Waals surface area contributed by atoms with E-state index in [4.69, 9.17) is 4.52 Å². The highest BCUT2D eigenvalue weighted by Crippen LogP contribution is 2.23. The molecule has 2 atom stereocenters. The van der Waals surface area contributed by atoms with Gasteiger partial charge < -0.3 is 14.9 Å². The second kappa shape index (κ2) is 3.65. The molecule has 0 amide bonds. The summed E-state index contributed by atoms with van der Waals surface area (Å²) in [6.45, 7) is 0.546. The van der Waals surface area contributed by atoms with E-state index in [0.29, 0.717) is 30.5 Å². The van der Waals surface area contributed by atoms with E-state index in [2.05, 4.69) is 30.6 Å². The number of rotatable bonds is 2. The Bertz CT molecular complexity index is 467. The molecule has 1 aliphatic rings. The van der Waals surface area contributed by atoms with Gasteiger partial charge in [0, 0.05) is 6.54 Å². The van der Waals surface area contributed by atoms with Gasteiger partial charge in [0.2, 0.25) is 11.7 Å². The Hall–Kier alpha value is -1.80. The van der Waals surface area contributed by atoms with E-state index in [9.17, 15) is 5.11 Å². The van der Waals surface area contributed by atoms with Crippen LogP contribution in [0.25, 0.3) is 11.6 Å². The van der Waals surface area contributed by atoms with Crippen molar-refractivity contribution in [3.63, 3.8) is 0 Å². The van der Waals surface area contributed by atoms with Gasteiger partial charge in [-0.25, -0.2) is 4.98 Å². The number of aliphatic hydroxyl groups is 1. The number of nitrogens with one attached hydrogen (secondary N) is 2. The van der Waals surface area contributed by atoms with E-state index in [1.165, 1.54) is 6.33 Å². The molecule has 0 aromatic carbocycles. The van der Waals surface area contributed by atoms with Crippen molar-refractivity contribution in [3.8, 4) is 11.6 Å². The maximum absolute atomic E-state index is 9.37. The molecule has 0 aliphatic carbocycles. The van der Waals surface area contributed by atoms with Crippen LogP contribution in [-0.2, 0) is 0 Å². The van der Waals surface area contributed by atoms with Crippen molar-refractivity contribution in [2.24, 2.45) is 0 Å². The van der Waals surface area contributed by atoms with Crippen molar-refractivity contribution in [1.82, 2.24) is 30.6 Å². The van der Waals surface area contributed by atoms with Gasteiger partial charge >= 0.3 is 0 Å². The lowest BCUT2D eigenvalue weighted by Gasteiger charge is -2.01. The third-order valence-electron chi connectivity index (χ3n) is 2.47. The number of β-amino-alcohol motifs (C(OH)–C–C–N with tert-alkyl or cyclic N) is 1. The van der Waals surface area contributed by atoms with E-state index in [-0.39, 0.29) is 12.1 Å². The first-order chi connectivity index (χ1) is 7.83. The third-order valence-corrected chi connectivity index (χ3v) is 2.47. The molecule has 16 heavy (non-hydrogen) atoms. The van der Waals surface area contributed by atoms with Crippen LogP contribution >= 0.6 is 0 Å². The Morgan fingerprint density at radius 2 is 2.44 bits per heavy atom. The van der Waals surface area contributed by atoms with E-state index < -0.39 is 0 Å². The monoisotopic (exact) mass is 222 g/mol.